The van der Waals surface area contributed by atoms with Crippen LogP contribution in [0.4, 0.5) is 0 Å². The van der Waals surface area contributed by atoms with Crippen LogP contribution < -0.4 is 15.4 Å². The number of ether oxygens (including phenoxy) is 1. The zero-order valence-corrected chi connectivity index (χ0v) is 12.5. The van der Waals surface area contributed by atoms with Crippen molar-refractivity contribution in [2.24, 2.45) is 0 Å². The number of nitrogens with one attached hydrogen (secondary N) is 2. The molecule has 0 bridgehead atoms. The molecule has 0 aliphatic heterocycles. The fourth-order valence-electron chi connectivity index (χ4n) is 1.30. The maximum absolute atomic E-state index is 11.5. The van der Waals surface area contributed by atoms with Crippen molar-refractivity contribution in [2.75, 3.05) is 20.2 Å². The summed E-state index contributed by atoms with van der Waals surface area (Å²) >= 11 is 11.7. The molecular formula is C13H18Cl2N2O2. The van der Waals surface area contributed by atoms with Gasteiger partial charge in [0.2, 0.25) is 5.91 Å². The molecule has 1 rings (SSSR count). The lowest BCUT2D eigenvalue weighted by Crippen LogP contribution is -2.37. The van der Waals surface area contributed by atoms with Crippen molar-refractivity contribution in [3.05, 3.63) is 28.2 Å². The van der Waals surface area contributed by atoms with Gasteiger partial charge in [0.15, 0.2) is 0 Å². The first kappa shape index (κ1) is 16.1. The first-order valence-corrected chi connectivity index (χ1v) is 6.80. The van der Waals surface area contributed by atoms with E-state index in [1.807, 2.05) is 14.0 Å². The Labute approximate surface area is 123 Å². The van der Waals surface area contributed by atoms with Crippen LogP contribution in [0.25, 0.3) is 0 Å². The molecule has 2 N–H and O–H groups in total. The van der Waals surface area contributed by atoms with Gasteiger partial charge in [-0.05, 0) is 32.2 Å². The molecule has 106 valence electrons. The van der Waals surface area contributed by atoms with Gasteiger partial charge >= 0.3 is 0 Å². The second-order valence-electron chi connectivity index (χ2n) is 4.17. The summed E-state index contributed by atoms with van der Waals surface area (Å²) in [5, 5.41) is 6.84. The Morgan fingerprint density at radius 2 is 2.16 bits per heavy atom. The number of amides is 1. The van der Waals surface area contributed by atoms with Crippen molar-refractivity contribution in [2.45, 2.75) is 19.4 Å². The molecular weight excluding hydrogens is 287 g/mol. The highest BCUT2D eigenvalue weighted by Gasteiger charge is 2.06. The summed E-state index contributed by atoms with van der Waals surface area (Å²) in [5.41, 5.74) is 0. The Morgan fingerprint density at radius 3 is 2.79 bits per heavy atom. The summed E-state index contributed by atoms with van der Waals surface area (Å²) in [6.45, 7) is 2.86. The minimum absolute atomic E-state index is 0.0489. The summed E-state index contributed by atoms with van der Waals surface area (Å²) in [4.78, 5) is 11.5. The number of carbonyl (C=O) groups is 1. The Kier molecular flexibility index (Phi) is 6.99. The number of halogens is 2. The quantitative estimate of drug-likeness (QED) is 0.814. The predicted octanol–water partition coefficient (Wildman–Crippen LogP) is 2.49. The van der Waals surface area contributed by atoms with Crippen molar-refractivity contribution in [3.8, 4) is 5.75 Å². The topological polar surface area (TPSA) is 50.4 Å². The number of benzene rings is 1. The minimum atomic E-state index is -0.0489. The Morgan fingerprint density at radius 1 is 1.42 bits per heavy atom. The molecule has 1 atom stereocenters. The third kappa shape index (κ3) is 6.14. The zero-order valence-electron chi connectivity index (χ0n) is 11.0. The van der Waals surface area contributed by atoms with E-state index in [1.165, 1.54) is 0 Å². The van der Waals surface area contributed by atoms with Gasteiger partial charge in [-0.15, -0.1) is 0 Å². The fraction of sp³-hybridized carbons (Fsp3) is 0.462. The van der Waals surface area contributed by atoms with Gasteiger partial charge < -0.3 is 15.4 Å². The van der Waals surface area contributed by atoms with E-state index in [4.69, 9.17) is 27.9 Å². The van der Waals surface area contributed by atoms with Crippen molar-refractivity contribution in [1.82, 2.24) is 10.6 Å². The largest absolute Gasteiger partial charge is 0.491 e. The summed E-state index contributed by atoms with van der Waals surface area (Å²) in [6, 6.07) is 5.23. The van der Waals surface area contributed by atoms with Crippen LogP contribution in [0.2, 0.25) is 10.0 Å². The lowest BCUT2D eigenvalue weighted by molar-refractivity contribution is -0.121. The van der Waals surface area contributed by atoms with Gasteiger partial charge in [-0.2, -0.15) is 0 Å². The van der Waals surface area contributed by atoms with E-state index in [1.54, 1.807) is 18.2 Å². The van der Waals surface area contributed by atoms with Gasteiger partial charge in [-0.1, -0.05) is 23.2 Å². The highest BCUT2D eigenvalue weighted by Crippen LogP contribution is 2.27. The van der Waals surface area contributed by atoms with Crippen LogP contribution in [0.3, 0.4) is 0 Å². The second-order valence-corrected chi connectivity index (χ2v) is 5.01. The molecule has 0 aliphatic carbocycles. The highest BCUT2D eigenvalue weighted by atomic mass is 35.5. The Bertz CT molecular complexity index is 427. The lowest BCUT2D eigenvalue weighted by Gasteiger charge is -2.12. The van der Waals surface area contributed by atoms with E-state index in [-0.39, 0.29) is 25.0 Å². The van der Waals surface area contributed by atoms with Crippen molar-refractivity contribution in [3.63, 3.8) is 0 Å². The van der Waals surface area contributed by atoms with Crippen LogP contribution in [0, 0.1) is 0 Å². The molecule has 0 radical (unpaired) electrons. The van der Waals surface area contributed by atoms with Crippen molar-refractivity contribution >= 4 is 29.1 Å². The van der Waals surface area contributed by atoms with Gasteiger partial charge in [0, 0.05) is 17.6 Å². The average molecular weight is 305 g/mol. The normalized spacial score (nSPS) is 12.0. The van der Waals surface area contributed by atoms with Crippen LogP contribution in [0.1, 0.15) is 13.3 Å². The van der Waals surface area contributed by atoms with Gasteiger partial charge in [0.1, 0.15) is 5.75 Å². The first-order chi connectivity index (χ1) is 9.02. The maximum atomic E-state index is 11.5. The molecule has 1 unspecified atom stereocenters. The zero-order chi connectivity index (χ0) is 14.3. The van der Waals surface area contributed by atoms with Crippen LogP contribution in [-0.4, -0.2) is 32.1 Å². The molecule has 0 saturated carbocycles. The molecule has 0 heterocycles. The molecule has 4 nitrogen and oxygen atoms in total. The Balaban J connectivity index is 2.28. The molecule has 1 aromatic rings. The molecule has 0 aliphatic rings. The molecule has 6 heteroatoms. The van der Waals surface area contributed by atoms with E-state index >= 15 is 0 Å². The van der Waals surface area contributed by atoms with Crippen molar-refractivity contribution < 1.29 is 9.53 Å². The highest BCUT2D eigenvalue weighted by molar-refractivity contribution is 6.35. The average Bonchev–Trinajstić information content (AvgIpc) is 2.38. The molecule has 0 aromatic heterocycles. The summed E-state index contributed by atoms with van der Waals surface area (Å²) in [5.74, 6) is 0.481. The minimum Gasteiger partial charge on any atom is -0.491 e. The molecule has 1 amide bonds. The smallest absolute Gasteiger partial charge is 0.223 e. The summed E-state index contributed by atoms with van der Waals surface area (Å²) < 4.78 is 5.43. The number of rotatable bonds is 7. The van der Waals surface area contributed by atoms with E-state index in [9.17, 15) is 4.79 Å². The molecule has 0 fully saturated rings. The number of hydrogen-bond donors (Lipinski definition) is 2. The lowest BCUT2D eigenvalue weighted by atomic mass is 10.3. The monoisotopic (exact) mass is 304 g/mol. The predicted molar refractivity (Wildman–Crippen MR) is 78.1 cm³/mol. The van der Waals surface area contributed by atoms with E-state index in [0.29, 0.717) is 22.3 Å². The van der Waals surface area contributed by atoms with Gasteiger partial charge in [0.05, 0.1) is 18.1 Å². The van der Waals surface area contributed by atoms with Crippen LogP contribution >= 0.6 is 23.2 Å². The van der Waals surface area contributed by atoms with Gasteiger partial charge in [-0.25, -0.2) is 0 Å². The van der Waals surface area contributed by atoms with Crippen LogP contribution in [-0.2, 0) is 4.79 Å². The third-order valence-electron chi connectivity index (χ3n) is 2.58. The standard InChI is InChI=1S/C13H18Cl2N2O2/c1-9(16-2)8-17-13(18)5-6-19-12-4-3-10(14)7-11(12)15/h3-4,7,9,16H,5-6,8H2,1-2H3,(H,17,18). The number of likely N-dealkylation sites (N-methyl/N-ethyl adjacent to an activating group) is 1. The number of carbonyl (C=O) groups excluding carboxylic acids is 1. The van der Waals surface area contributed by atoms with Crippen molar-refractivity contribution in [1.29, 1.82) is 0 Å². The summed E-state index contributed by atoms with van der Waals surface area (Å²) in [7, 11) is 1.85. The Hall–Kier alpha value is -0.970. The molecule has 1 aromatic carbocycles. The maximum Gasteiger partial charge on any atom is 0.223 e. The van der Waals surface area contributed by atoms with Crippen LogP contribution in [0.15, 0.2) is 18.2 Å². The van der Waals surface area contributed by atoms with Gasteiger partial charge in [-0.3, -0.25) is 4.79 Å². The van der Waals surface area contributed by atoms with E-state index in [0.717, 1.165) is 0 Å². The fourth-order valence-corrected chi connectivity index (χ4v) is 1.77. The molecule has 0 spiro atoms. The van der Waals surface area contributed by atoms with E-state index in [2.05, 4.69) is 10.6 Å². The molecule has 0 saturated heterocycles. The summed E-state index contributed by atoms with van der Waals surface area (Å²) in [6.07, 6.45) is 0.287. The van der Waals surface area contributed by atoms with Gasteiger partial charge in [0.25, 0.3) is 0 Å². The SMILES string of the molecule is CNC(C)CNC(=O)CCOc1ccc(Cl)cc1Cl. The van der Waals surface area contributed by atoms with E-state index < -0.39 is 0 Å². The van der Waals surface area contributed by atoms with Crippen LogP contribution in [0.5, 0.6) is 5.75 Å². The second kappa shape index (κ2) is 8.25. The third-order valence-corrected chi connectivity index (χ3v) is 3.11. The number of hydrogen-bond acceptors (Lipinski definition) is 3. The first-order valence-electron chi connectivity index (χ1n) is 6.04. The molecule has 19 heavy (non-hydrogen) atoms.